The number of benzene rings is 1. The normalized spacial score (nSPS) is 12.6. The minimum atomic E-state index is -0.572. The fourth-order valence-electron chi connectivity index (χ4n) is 3.77. The van der Waals surface area contributed by atoms with Gasteiger partial charge in [0.05, 0.1) is 17.9 Å². The molecule has 0 saturated heterocycles. The number of primary amides is 1. The molecule has 0 radical (unpaired) electrons. The van der Waals surface area contributed by atoms with E-state index >= 15 is 0 Å². The third-order valence-electron chi connectivity index (χ3n) is 5.56. The topological polar surface area (TPSA) is 127 Å². The maximum absolute atomic E-state index is 14.4. The molecule has 3 N–H and O–H groups in total. The fourth-order valence-corrected chi connectivity index (χ4v) is 3.77. The van der Waals surface area contributed by atoms with Gasteiger partial charge in [-0.1, -0.05) is 38.5 Å². The van der Waals surface area contributed by atoms with Gasteiger partial charge in [0, 0.05) is 12.2 Å². The second-order valence-corrected chi connectivity index (χ2v) is 8.64. The van der Waals surface area contributed by atoms with Crippen LogP contribution in [0.5, 0.6) is 0 Å². The van der Waals surface area contributed by atoms with Crippen LogP contribution < -0.4 is 11.1 Å². The highest BCUT2D eigenvalue weighted by molar-refractivity contribution is 5.84. The van der Waals surface area contributed by atoms with Crippen molar-refractivity contribution in [1.82, 2.24) is 14.5 Å². The molecule has 2 heterocycles. The smallest absolute Gasteiger partial charge is 0.231 e. The van der Waals surface area contributed by atoms with E-state index in [1.807, 2.05) is 31.4 Å². The Kier molecular flexibility index (Phi) is 10.8. The maximum atomic E-state index is 14.4. The molecule has 0 aliphatic heterocycles. The van der Waals surface area contributed by atoms with E-state index in [2.05, 4.69) is 21.0 Å². The van der Waals surface area contributed by atoms with Crippen molar-refractivity contribution in [3.63, 3.8) is 0 Å². The summed E-state index contributed by atoms with van der Waals surface area (Å²) in [6, 6.07) is 6.89. The number of carbonyl (C=O) groups excluding carboxylic acids is 2. The Morgan fingerprint density at radius 3 is 2.31 bits per heavy atom. The molecule has 8 nitrogen and oxygen atoms in total. The lowest BCUT2D eigenvalue weighted by Crippen LogP contribution is -2.07. The second-order valence-electron chi connectivity index (χ2n) is 8.64. The number of pyridine rings is 1. The van der Waals surface area contributed by atoms with Crippen molar-refractivity contribution in [2.24, 2.45) is 5.73 Å². The molecule has 1 aliphatic rings. The zero-order chi connectivity index (χ0) is 25.8. The van der Waals surface area contributed by atoms with Gasteiger partial charge in [0.1, 0.15) is 17.8 Å². The molecule has 9 heteroatoms. The Hall–Kier alpha value is -3.80. The molecule has 0 bridgehead atoms. The first-order valence-corrected chi connectivity index (χ1v) is 11.8. The van der Waals surface area contributed by atoms with E-state index in [0.717, 1.165) is 22.2 Å². The van der Waals surface area contributed by atoms with E-state index in [9.17, 15) is 14.0 Å². The molecular weight excluding hydrogens is 447 g/mol. The molecular formula is C26H33FN6O2. The number of fused-ring (bicyclic) bond motifs is 1. The molecule has 1 saturated carbocycles. The first-order valence-electron chi connectivity index (χ1n) is 11.8. The molecule has 3 aromatic rings. The van der Waals surface area contributed by atoms with E-state index in [-0.39, 0.29) is 18.3 Å². The van der Waals surface area contributed by atoms with Gasteiger partial charge in [0.15, 0.2) is 5.82 Å². The van der Waals surface area contributed by atoms with Crippen LogP contribution in [0.15, 0.2) is 30.7 Å². The number of carbonyl (C=O) groups is 2. The number of imidazole rings is 1. The van der Waals surface area contributed by atoms with Crippen LogP contribution in [0.3, 0.4) is 0 Å². The number of hydrogen-bond donors (Lipinski definition) is 2. The summed E-state index contributed by atoms with van der Waals surface area (Å²) in [4.78, 5) is 28.5. The lowest BCUT2D eigenvalue weighted by molar-refractivity contribution is -0.117. The average molecular weight is 481 g/mol. The number of amides is 2. The number of nitrogens with zero attached hydrogens (tertiary/aromatic N) is 4. The summed E-state index contributed by atoms with van der Waals surface area (Å²) < 4.78 is 16.4. The minimum Gasteiger partial charge on any atom is -0.369 e. The lowest BCUT2D eigenvalue weighted by atomic mass is 10.0. The van der Waals surface area contributed by atoms with E-state index in [0.29, 0.717) is 17.7 Å². The Labute approximate surface area is 205 Å². The van der Waals surface area contributed by atoms with Gasteiger partial charge in [-0.15, -0.1) is 0 Å². The standard InChI is InChI=1S/C17H17FN4O.C6H12.C3H4N2O/c1-10(2)22-8-20-17-14(18)4-12(5-15(17)22)13-6-16(21-9-23)19-7-11(13)3;1-2-4-6-5-3-1;4-2-1-3(5)6/h4-10H,1-3H3,(H,19,21,23);1-6H2;1H2,(H2,5,6). The number of halogens is 1. The number of nitriles is 1. The summed E-state index contributed by atoms with van der Waals surface area (Å²) in [7, 11) is 0. The quantitative estimate of drug-likeness (QED) is 0.471. The van der Waals surface area contributed by atoms with Crippen molar-refractivity contribution in [1.29, 1.82) is 5.26 Å². The summed E-state index contributed by atoms with van der Waals surface area (Å²) in [5.41, 5.74) is 8.10. The van der Waals surface area contributed by atoms with Crippen molar-refractivity contribution >= 4 is 29.2 Å². The monoisotopic (exact) mass is 480 g/mol. The highest BCUT2D eigenvalue weighted by Gasteiger charge is 2.14. The van der Waals surface area contributed by atoms with Crippen LogP contribution in [0.1, 0.15) is 70.4 Å². The number of aryl methyl sites for hydroxylation is 1. The number of hydrogen-bond acceptors (Lipinski definition) is 5. The molecule has 1 fully saturated rings. The Morgan fingerprint density at radius 2 is 1.83 bits per heavy atom. The number of rotatable bonds is 5. The van der Waals surface area contributed by atoms with Crippen LogP contribution in [0, 0.1) is 24.1 Å². The average Bonchev–Trinajstić information content (AvgIpc) is 3.27. The fraction of sp³-hybridized carbons (Fsp3) is 0.423. The van der Waals surface area contributed by atoms with Crippen LogP contribution in [0.4, 0.5) is 10.2 Å². The van der Waals surface area contributed by atoms with Crippen molar-refractivity contribution in [2.75, 3.05) is 5.32 Å². The predicted molar refractivity (Wildman–Crippen MR) is 135 cm³/mol. The van der Waals surface area contributed by atoms with Gasteiger partial charge < -0.3 is 15.6 Å². The summed E-state index contributed by atoms with van der Waals surface area (Å²) in [6.45, 7) is 5.94. The second kappa shape index (κ2) is 13.8. The van der Waals surface area contributed by atoms with E-state index in [1.165, 1.54) is 44.6 Å². The maximum Gasteiger partial charge on any atom is 0.231 e. The first-order chi connectivity index (χ1) is 16.8. The van der Waals surface area contributed by atoms with E-state index < -0.39 is 5.91 Å². The van der Waals surface area contributed by atoms with Gasteiger partial charge in [-0.3, -0.25) is 9.59 Å². The summed E-state index contributed by atoms with van der Waals surface area (Å²) in [5, 5.41) is 10.2. The van der Waals surface area contributed by atoms with Crippen molar-refractivity contribution in [3.05, 3.63) is 42.1 Å². The molecule has 0 unspecified atom stereocenters. The summed E-state index contributed by atoms with van der Waals surface area (Å²) in [6.07, 6.45) is 12.7. The highest BCUT2D eigenvalue weighted by Crippen LogP contribution is 2.30. The highest BCUT2D eigenvalue weighted by atomic mass is 19.1. The van der Waals surface area contributed by atoms with Crippen molar-refractivity contribution < 1.29 is 14.0 Å². The molecule has 0 spiro atoms. The minimum absolute atomic E-state index is 0.181. The molecule has 1 aromatic carbocycles. The van der Waals surface area contributed by atoms with E-state index in [4.69, 9.17) is 5.26 Å². The molecule has 2 aromatic heterocycles. The Balaban J connectivity index is 0.000000296. The lowest BCUT2D eigenvalue weighted by Gasteiger charge is -2.11. The molecule has 0 atom stereocenters. The number of anilines is 1. The van der Waals surface area contributed by atoms with Crippen molar-refractivity contribution in [3.8, 4) is 17.2 Å². The number of nitrogens with two attached hydrogens (primary N) is 1. The first kappa shape index (κ1) is 27.4. The van der Waals surface area contributed by atoms with Gasteiger partial charge >= 0.3 is 0 Å². The number of nitrogens with one attached hydrogen (secondary N) is 1. The van der Waals surface area contributed by atoms with Crippen LogP contribution in [-0.4, -0.2) is 26.9 Å². The van der Waals surface area contributed by atoms with Crippen LogP contribution >= 0.6 is 0 Å². The van der Waals surface area contributed by atoms with Gasteiger partial charge in [0.2, 0.25) is 12.3 Å². The Morgan fingerprint density at radius 1 is 1.20 bits per heavy atom. The zero-order valence-corrected chi connectivity index (χ0v) is 20.6. The van der Waals surface area contributed by atoms with Gasteiger partial charge in [0.25, 0.3) is 0 Å². The SMILES string of the molecule is C1CCCCC1.Cc1cnc(NC=O)cc1-c1cc(F)c2ncn(C(C)C)c2c1.N#CCC(N)=O. The molecule has 186 valence electrons. The molecule has 2 amide bonds. The summed E-state index contributed by atoms with van der Waals surface area (Å²) in [5.74, 6) is -0.506. The largest absolute Gasteiger partial charge is 0.369 e. The van der Waals surface area contributed by atoms with Crippen LogP contribution in [0.25, 0.3) is 22.2 Å². The number of aromatic nitrogens is 3. The molecule has 4 rings (SSSR count). The van der Waals surface area contributed by atoms with Gasteiger partial charge in [-0.05, 0) is 55.7 Å². The summed E-state index contributed by atoms with van der Waals surface area (Å²) >= 11 is 0. The third-order valence-corrected chi connectivity index (χ3v) is 5.56. The Bertz CT molecular complexity index is 1170. The van der Waals surface area contributed by atoms with Crippen molar-refractivity contribution in [2.45, 2.75) is 71.8 Å². The molecule has 1 aliphatic carbocycles. The zero-order valence-electron chi connectivity index (χ0n) is 20.6. The van der Waals surface area contributed by atoms with Crippen LogP contribution in [-0.2, 0) is 9.59 Å². The van der Waals surface area contributed by atoms with Crippen LogP contribution in [0.2, 0.25) is 0 Å². The molecule has 35 heavy (non-hydrogen) atoms. The predicted octanol–water partition coefficient (Wildman–Crippen LogP) is 5.42. The van der Waals surface area contributed by atoms with E-state index in [1.54, 1.807) is 24.7 Å². The third kappa shape index (κ3) is 8.18. The van der Waals surface area contributed by atoms with Gasteiger partial charge in [-0.2, -0.15) is 5.26 Å². The van der Waals surface area contributed by atoms with Gasteiger partial charge in [-0.25, -0.2) is 14.4 Å².